The van der Waals surface area contributed by atoms with Gasteiger partial charge < -0.3 is 10.6 Å². The van der Waals surface area contributed by atoms with Crippen LogP contribution >= 0.6 is 0 Å². The van der Waals surface area contributed by atoms with E-state index in [0.717, 1.165) is 18.4 Å². The first-order valence-electron chi connectivity index (χ1n) is 7.84. The fourth-order valence-electron chi connectivity index (χ4n) is 3.82. The first-order valence-corrected chi connectivity index (χ1v) is 7.84. The Kier molecular flexibility index (Phi) is 4.38. The van der Waals surface area contributed by atoms with Gasteiger partial charge in [0.2, 0.25) is 0 Å². The van der Waals surface area contributed by atoms with E-state index in [1.165, 1.54) is 38.8 Å². The second kappa shape index (κ2) is 5.50. The van der Waals surface area contributed by atoms with E-state index in [9.17, 15) is 0 Å². The topological polar surface area (TPSA) is 29.3 Å². The summed E-state index contributed by atoms with van der Waals surface area (Å²) in [5.41, 5.74) is 6.62. The third-order valence-corrected chi connectivity index (χ3v) is 5.33. The fourth-order valence-corrected chi connectivity index (χ4v) is 3.82. The molecule has 0 radical (unpaired) electrons. The van der Waals surface area contributed by atoms with Crippen LogP contribution in [0.4, 0.5) is 0 Å². The third kappa shape index (κ3) is 3.48. The molecular formula is C16H32N2. The second-order valence-corrected chi connectivity index (χ2v) is 7.94. The van der Waals surface area contributed by atoms with E-state index in [1.54, 1.807) is 0 Å². The molecule has 0 aromatic rings. The van der Waals surface area contributed by atoms with Crippen LogP contribution in [0.5, 0.6) is 0 Å². The van der Waals surface area contributed by atoms with Crippen molar-refractivity contribution >= 4 is 0 Å². The van der Waals surface area contributed by atoms with Crippen LogP contribution in [-0.2, 0) is 0 Å². The Hall–Kier alpha value is -0.0800. The molecule has 1 heterocycles. The van der Waals surface area contributed by atoms with Gasteiger partial charge in [0.25, 0.3) is 0 Å². The Morgan fingerprint density at radius 3 is 2.11 bits per heavy atom. The van der Waals surface area contributed by atoms with Crippen LogP contribution in [0.25, 0.3) is 0 Å². The number of hydrogen-bond donors (Lipinski definition) is 1. The second-order valence-electron chi connectivity index (χ2n) is 7.94. The summed E-state index contributed by atoms with van der Waals surface area (Å²) in [6, 6.07) is 0.413. The molecule has 2 nitrogen and oxygen atoms in total. The van der Waals surface area contributed by atoms with Crippen molar-refractivity contribution in [2.24, 2.45) is 28.9 Å². The van der Waals surface area contributed by atoms with Gasteiger partial charge in [-0.15, -0.1) is 0 Å². The highest BCUT2D eigenvalue weighted by Crippen LogP contribution is 2.40. The molecule has 2 atom stereocenters. The summed E-state index contributed by atoms with van der Waals surface area (Å²) in [4.78, 5) is 2.61. The first kappa shape index (κ1) is 14.3. The molecule has 0 bridgehead atoms. The quantitative estimate of drug-likeness (QED) is 0.818. The molecule has 18 heavy (non-hydrogen) atoms. The summed E-state index contributed by atoms with van der Waals surface area (Å²) >= 11 is 0. The summed E-state index contributed by atoms with van der Waals surface area (Å²) in [6.45, 7) is 13.1. The molecule has 106 valence electrons. The maximum Gasteiger partial charge on any atom is 0.0206 e. The maximum atomic E-state index is 6.11. The van der Waals surface area contributed by atoms with Gasteiger partial charge >= 0.3 is 0 Å². The van der Waals surface area contributed by atoms with Crippen LogP contribution in [0.3, 0.4) is 0 Å². The van der Waals surface area contributed by atoms with Gasteiger partial charge in [-0.3, -0.25) is 0 Å². The van der Waals surface area contributed by atoms with Crippen molar-refractivity contribution in [2.45, 2.75) is 59.4 Å². The van der Waals surface area contributed by atoms with E-state index in [4.69, 9.17) is 5.73 Å². The van der Waals surface area contributed by atoms with Crippen molar-refractivity contribution in [1.82, 2.24) is 4.90 Å². The van der Waals surface area contributed by atoms with Crippen LogP contribution in [0.15, 0.2) is 0 Å². The molecule has 0 amide bonds. The summed E-state index contributed by atoms with van der Waals surface area (Å²) in [6.07, 6.45) is 5.73. The molecule has 1 saturated carbocycles. The van der Waals surface area contributed by atoms with E-state index in [1.807, 2.05) is 0 Å². The molecule has 1 aliphatic carbocycles. The predicted octanol–water partition coefficient (Wildman–Crippen LogP) is 3.12. The lowest BCUT2D eigenvalue weighted by Gasteiger charge is -2.38. The Balaban J connectivity index is 1.74. The zero-order chi connectivity index (χ0) is 13.3. The minimum absolute atomic E-state index is 0.413. The number of hydrogen-bond acceptors (Lipinski definition) is 2. The zero-order valence-electron chi connectivity index (χ0n) is 12.8. The number of nitrogens with two attached hydrogens (primary N) is 1. The van der Waals surface area contributed by atoms with Crippen LogP contribution in [0, 0.1) is 23.2 Å². The SMILES string of the molecule is CC1CN(CC2CCC(C(C)(C)C)CC2)CC1N. The van der Waals surface area contributed by atoms with Crippen molar-refractivity contribution in [3.63, 3.8) is 0 Å². The van der Waals surface area contributed by atoms with E-state index in [0.29, 0.717) is 17.4 Å². The van der Waals surface area contributed by atoms with E-state index < -0.39 is 0 Å². The average molecular weight is 252 g/mol. The maximum absolute atomic E-state index is 6.11. The summed E-state index contributed by atoms with van der Waals surface area (Å²) < 4.78 is 0. The molecular weight excluding hydrogens is 220 g/mol. The standard InChI is InChI=1S/C16H32N2/c1-12-9-18(11-15(12)17)10-13-5-7-14(8-6-13)16(2,3)4/h12-15H,5-11,17H2,1-4H3. The molecule has 1 saturated heterocycles. The Morgan fingerprint density at radius 2 is 1.67 bits per heavy atom. The lowest BCUT2D eigenvalue weighted by atomic mass is 9.70. The van der Waals surface area contributed by atoms with E-state index in [-0.39, 0.29) is 0 Å². The highest BCUT2D eigenvalue weighted by molar-refractivity contribution is 4.87. The molecule has 0 aromatic heterocycles. The molecule has 2 fully saturated rings. The van der Waals surface area contributed by atoms with Crippen LogP contribution < -0.4 is 5.73 Å². The van der Waals surface area contributed by atoms with Crippen molar-refractivity contribution in [2.75, 3.05) is 19.6 Å². The van der Waals surface area contributed by atoms with Crippen LogP contribution in [0.1, 0.15) is 53.4 Å². The number of nitrogens with zero attached hydrogens (tertiary/aromatic N) is 1. The summed E-state index contributed by atoms with van der Waals surface area (Å²) in [7, 11) is 0. The van der Waals surface area contributed by atoms with Gasteiger partial charge in [-0.2, -0.15) is 0 Å². The molecule has 2 heteroatoms. The molecule has 2 aliphatic rings. The van der Waals surface area contributed by atoms with Crippen LogP contribution in [0.2, 0.25) is 0 Å². The lowest BCUT2D eigenvalue weighted by Crippen LogP contribution is -2.34. The highest BCUT2D eigenvalue weighted by atomic mass is 15.2. The van der Waals surface area contributed by atoms with Crippen LogP contribution in [-0.4, -0.2) is 30.6 Å². The Labute approximate surface area is 113 Å². The predicted molar refractivity (Wildman–Crippen MR) is 78.5 cm³/mol. The normalized spacial score (nSPS) is 39.2. The van der Waals surface area contributed by atoms with Gasteiger partial charge in [0.05, 0.1) is 0 Å². The first-order chi connectivity index (χ1) is 8.36. The average Bonchev–Trinajstić information content (AvgIpc) is 2.57. The molecule has 2 rings (SSSR count). The monoisotopic (exact) mass is 252 g/mol. The van der Waals surface area contributed by atoms with E-state index in [2.05, 4.69) is 32.6 Å². The minimum Gasteiger partial charge on any atom is -0.326 e. The van der Waals surface area contributed by atoms with Crippen molar-refractivity contribution in [1.29, 1.82) is 0 Å². The van der Waals surface area contributed by atoms with Gasteiger partial charge in [-0.05, 0) is 48.9 Å². The minimum atomic E-state index is 0.413. The summed E-state index contributed by atoms with van der Waals surface area (Å²) in [5, 5.41) is 0. The van der Waals surface area contributed by atoms with Crippen molar-refractivity contribution in [3.05, 3.63) is 0 Å². The Morgan fingerprint density at radius 1 is 1.06 bits per heavy atom. The zero-order valence-corrected chi connectivity index (χ0v) is 12.8. The van der Waals surface area contributed by atoms with E-state index >= 15 is 0 Å². The highest BCUT2D eigenvalue weighted by Gasteiger charge is 2.32. The number of likely N-dealkylation sites (tertiary alicyclic amines) is 1. The van der Waals surface area contributed by atoms with Crippen molar-refractivity contribution < 1.29 is 0 Å². The van der Waals surface area contributed by atoms with Gasteiger partial charge in [0.15, 0.2) is 0 Å². The van der Waals surface area contributed by atoms with Gasteiger partial charge in [0.1, 0.15) is 0 Å². The van der Waals surface area contributed by atoms with Gasteiger partial charge in [0, 0.05) is 25.7 Å². The molecule has 2 unspecified atom stereocenters. The third-order valence-electron chi connectivity index (χ3n) is 5.33. The van der Waals surface area contributed by atoms with Gasteiger partial charge in [-0.25, -0.2) is 0 Å². The molecule has 2 N–H and O–H groups in total. The molecule has 1 aliphatic heterocycles. The van der Waals surface area contributed by atoms with Gasteiger partial charge in [-0.1, -0.05) is 27.7 Å². The lowest BCUT2D eigenvalue weighted by molar-refractivity contribution is 0.130. The smallest absolute Gasteiger partial charge is 0.0206 e. The molecule has 0 aromatic carbocycles. The largest absolute Gasteiger partial charge is 0.326 e. The number of rotatable bonds is 2. The molecule has 0 spiro atoms. The Bertz CT molecular complexity index is 251. The summed E-state index contributed by atoms with van der Waals surface area (Å²) in [5.74, 6) is 2.56. The van der Waals surface area contributed by atoms with Crippen molar-refractivity contribution in [3.8, 4) is 0 Å². The fraction of sp³-hybridized carbons (Fsp3) is 1.00.